The van der Waals surface area contributed by atoms with Gasteiger partial charge in [0, 0.05) is 50.9 Å². The van der Waals surface area contributed by atoms with Crippen molar-refractivity contribution in [1.82, 2.24) is 19.4 Å². The first-order valence-corrected chi connectivity index (χ1v) is 17.8. The van der Waals surface area contributed by atoms with E-state index in [9.17, 15) is 23.1 Å². The van der Waals surface area contributed by atoms with Crippen molar-refractivity contribution in [3.63, 3.8) is 0 Å². The first-order valence-electron chi connectivity index (χ1n) is 15.5. The van der Waals surface area contributed by atoms with Crippen molar-refractivity contribution in [1.29, 1.82) is 0 Å². The molecule has 0 radical (unpaired) electrons. The Bertz CT molecular complexity index is 1200. The molecule has 1 fully saturated rings. The maximum Gasteiger partial charge on any atom is 0.344 e. The first-order chi connectivity index (χ1) is 20.8. The lowest BCUT2D eigenvalue weighted by Crippen LogP contribution is -2.36. The summed E-state index contributed by atoms with van der Waals surface area (Å²) in [5, 5.41) is 11.8. The number of carbonyl (C=O) groups is 2. The molecule has 0 bridgehead atoms. The largest absolute Gasteiger partial charge is 0.477 e. The lowest BCUT2D eigenvalue weighted by atomic mass is 9.98. The van der Waals surface area contributed by atoms with Gasteiger partial charge < -0.3 is 20.2 Å². The van der Waals surface area contributed by atoms with Gasteiger partial charge in [0.05, 0.1) is 15.6 Å². The van der Waals surface area contributed by atoms with Crippen molar-refractivity contribution in [2.45, 2.75) is 88.0 Å². The average molecular weight is 670 g/mol. The summed E-state index contributed by atoms with van der Waals surface area (Å²) in [5.74, 6) is 5.11. The molecular weight excluding hydrogens is 611 g/mol. The molecule has 1 aliphatic rings. The molecule has 1 amide bonds. The molecule has 12 heteroatoms. The molecule has 1 atom stereocenters. The van der Waals surface area contributed by atoms with Gasteiger partial charge in [-0.15, -0.1) is 0 Å². The monoisotopic (exact) mass is 669 g/mol. The third-order valence-corrected chi connectivity index (χ3v) is 9.39. The highest BCUT2D eigenvalue weighted by molar-refractivity contribution is 8.07. The van der Waals surface area contributed by atoms with E-state index in [1.165, 1.54) is 6.20 Å². The van der Waals surface area contributed by atoms with Crippen LogP contribution in [0.5, 0.6) is 0 Å². The number of aliphatic imine (C=N–C) groups is 1. The number of carboxylic acid groups (broad SMARTS) is 1. The molecule has 10 nitrogen and oxygen atoms in total. The van der Waals surface area contributed by atoms with Crippen molar-refractivity contribution >= 4 is 39.5 Å². The summed E-state index contributed by atoms with van der Waals surface area (Å²) < 4.78 is 26.2. The average Bonchev–Trinajstić information content (AvgIpc) is 3.00. The highest BCUT2D eigenvalue weighted by Gasteiger charge is 2.26. The zero-order valence-corrected chi connectivity index (χ0v) is 31.4. The fourth-order valence-electron chi connectivity index (χ4n) is 3.43. The Kier molecular flexibility index (Phi) is 22.6. The van der Waals surface area contributed by atoms with Crippen LogP contribution in [0, 0.1) is 23.2 Å². The van der Waals surface area contributed by atoms with Crippen LogP contribution in [-0.2, 0) is 19.6 Å². The number of allylic oxidation sites excluding steroid dienone is 2. The zero-order valence-electron chi connectivity index (χ0n) is 29.8. The van der Waals surface area contributed by atoms with Crippen LogP contribution in [0.2, 0.25) is 0 Å². The Morgan fingerprint density at radius 1 is 1.16 bits per heavy atom. The van der Waals surface area contributed by atoms with Gasteiger partial charge in [0.2, 0.25) is 15.9 Å². The Hall–Kier alpha value is -2.59. The number of aliphatic carboxylic acids is 1. The number of carbonyl (C=O) groups excluding carboxylic acids is 1. The third-order valence-electron chi connectivity index (χ3n) is 6.57. The second-order valence-corrected chi connectivity index (χ2v) is 14.8. The first kappa shape index (κ1) is 44.5. The van der Waals surface area contributed by atoms with Gasteiger partial charge in [-0.3, -0.25) is 9.79 Å². The topological polar surface area (TPSA) is 123 Å². The molecule has 1 aliphatic heterocycles. The van der Waals surface area contributed by atoms with E-state index in [0.29, 0.717) is 29.3 Å². The van der Waals surface area contributed by atoms with E-state index in [1.54, 1.807) is 36.4 Å². The van der Waals surface area contributed by atoms with Crippen molar-refractivity contribution in [2.24, 2.45) is 16.3 Å². The normalized spacial score (nSPS) is 15.4. The van der Waals surface area contributed by atoms with Crippen LogP contribution < -0.4 is 5.32 Å². The molecule has 258 valence electrons. The van der Waals surface area contributed by atoms with Crippen LogP contribution in [0.15, 0.2) is 38.7 Å². The quantitative estimate of drug-likeness (QED) is 0.113. The molecule has 0 aliphatic carbocycles. The Morgan fingerprint density at radius 3 is 2.18 bits per heavy atom. The van der Waals surface area contributed by atoms with Crippen molar-refractivity contribution in [2.75, 3.05) is 47.3 Å². The van der Waals surface area contributed by atoms with Gasteiger partial charge >= 0.3 is 5.97 Å². The molecule has 0 spiro atoms. The molecule has 1 rings (SSSR count). The predicted molar refractivity (Wildman–Crippen MR) is 191 cm³/mol. The number of sulfonamides is 1. The number of carboxylic acids is 1. The summed E-state index contributed by atoms with van der Waals surface area (Å²) in [5.41, 5.74) is -0.189. The van der Waals surface area contributed by atoms with E-state index >= 15 is 0 Å². The summed E-state index contributed by atoms with van der Waals surface area (Å²) in [6, 6.07) is 0. The minimum atomic E-state index is -3.30. The van der Waals surface area contributed by atoms with Gasteiger partial charge in [-0.2, -0.15) is 4.31 Å². The number of thioether (sulfide) groups is 1. The van der Waals surface area contributed by atoms with E-state index in [4.69, 9.17) is 0 Å². The van der Waals surface area contributed by atoms with Crippen LogP contribution in [0.1, 0.15) is 88.0 Å². The van der Waals surface area contributed by atoms with Gasteiger partial charge in [-0.1, -0.05) is 64.3 Å². The number of rotatable bonds is 12. The van der Waals surface area contributed by atoms with Gasteiger partial charge in [-0.25, -0.2) is 13.2 Å². The van der Waals surface area contributed by atoms with Gasteiger partial charge in [0.15, 0.2) is 0 Å². The molecule has 0 aromatic rings. The predicted octanol–water partition coefficient (Wildman–Crippen LogP) is 5.97. The summed E-state index contributed by atoms with van der Waals surface area (Å²) in [6.07, 6.45) is 6.60. The smallest absolute Gasteiger partial charge is 0.344 e. The van der Waals surface area contributed by atoms with Crippen LogP contribution in [0.3, 0.4) is 0 Å². The second-order valence-electron chi connectivity index (χ2n) is 11.5. The number of hydrogen-bond donors (Lipinski definition) is 2. The van der Waals surface area contributed by atoms with Gasteiger partial charge in [-0.05, 0) is 74.0 Å². The number of hydrogen-bond acceptors (Lipinski definition) is 7. The highest BCUT2D eigenvalue weighted by Crippen LogP contribution is 2.24. The molecular formula is C33H59N5O5S2. The van der Waals surface area contributed by atoms with E-state index in [2.05, 4.69) is 40.6 Å². The molecule has 0 aromatic heterocycles. The Balaban J connectivity index is 0. The summed E-state index contributed by atoms with van der Waals surface area (Å²) in [7, 11) is 2.18. The van der Waals surface area contributed by atoms with Crippen LogP contribution in [-0.4, -0.2) is 92.7 Å². The molecule has 0 saturated carbocycles. The minimum absolute atomic E-state index is 0.0144. The standard InChI is InChI=1S/C19H30N2O3S.C12H23N3O2S.C2H6/c1-8-21(7)12-10-14(2)17(22)20-13-16(18(23)24)25-15(3)9-11-19(4,5)6;1-11(10-14(4)12(2)13-3)18(16,17)15-8-6-5-7-9-15;1-2/h13-14H,3,8,10,12H2,1-2,4-7H3,(H,20,22)(H,23,24);10H,5-9H2,1-4H3;1-2H3/b16-13+;11-10+,13-12?;/t14-;;/m0../s1. The number of nitrogens with zero attached hydrogens (tertiary/aromatic N) is 4. The molecule has 0 aromatic carbocycles. The summed E-state index contributed by atoms with van der Waals surface area (Å²) >= 11 is 0.940. The van der Waals surface area contributed by atoms with Crippen molar-refractivity contribution in [3.05, 3.63) is 33.7 Å². The number of nitrogens with one attached hydrogen (secondary N) is 1. The number of amidine groups is 1. The van der Waals surface area contributed by atoms with E-state index in [0.717, 1.165) is 49.9 Å². The summed E-state index contributed by atoms with van der Waals surface area (Å²) in [4.78, 5) is 32.1. The minimum Gasteiger partial charge on any atom is -0.477 e. The fourth-order valence-corrected chi connectivity index (χ4v) is 5.44. The van der Waals surface area contributed by atoms with E-state index in [-0.39, 0.29) is 22.1 Å². The molecule has 2 N–H and O–H groups in total. The van der Waals surface area contributed by atoms with E-state index < -0.39 is 16.0 Å². The van der Waals surface area contributed by atoms with Crippen LogP contribution in [0.25, 0.3) is 0 Å². The fraction of sp³-hybridized carbons (Fsp3) is 0.667. The summed E-state index contributed by atoms with van der Waals surface area (Å²) in [6.45, 7) is 24.0. The van der Waals surface area contributed by atoms with Gasteiger partial charge in [0.1, 0.15) is 4.91 Å². The van der Waals surface area contributed by atoms with Crippen LogP contribution in [0.4, 0.5) is 0 Å². The Morgan fingerprint density at radius 2 is 1.71 bits per heavy atom. The molecule has 1 saturated heterocycles. The third kappa shape index (κ3) is 19.5. The molecule has 0 unspecified atom stereocenters. The highest BCUT2D eigenvalue weighted by atomic mass is 32.2. The maximum atomic E-state index is 12.3. The molecule has 1 heterocycles. The molecule has 45 heavy (non-hydrogen) atoms. The van der Waals surface area contributed by atoms with Crippen molar-refractivity contribution < 1.29 is 23.1 Å². The lowest BCUT2D eigenvalue weighted by molar-refractivity contribution is -0.131. The SMILES string of the molecule is C=C(C#CC(C)(C)C)S/C(=C/NC(=O)[C@@H](C)CCN(C)CC)C(=O)O.CC.CN=C(C)N(C)/C=C(\C)S(=O)(=O)N1CCCCC1. The van der Waals surface area contributed by atoms with Crippen LogP contribution >= 0.6 is 11.8 Å². The van der Waals surface area contributed by atoms with Crippen molar-refractivity contribution in [3.8, 4) is 11.8 Å². The lowest BCUT2D eigenvalue weighted by Gasteiger charge is -2.26. The second kappa shape index (κ2) is 22.8. The van der Waals surface area contributed by atoms with Gasteiger partial charge in [0.25, 0.3) is 0 Å². The maximum absolute atomic E-state index is 12.3. The zero-order chi connectivity index (χ0) is 35.4. The van der Waals surface area contributed by atoms with E-state index in [1.807, 2.05) is 55.5 Å². The number of piperidine rings is 1. The Labute approximate surface area is 278 Å². The number of amides is 1.